The zero-order valence-electron chi connectivity index (χ0n) is 15.3. The van der Waals surface area contributed by atoms with Gasteiger partial charge in [-0.15, -0.1) is 0 Å². The summed E-state index contributed by atoms with van der Waals surface area (Å²) in [7, 11) is 0. The number of Topliss-reactive ketones (excluding diaryl/α,β-unsaturated/α-hetero) is 1. The van der Waals surface area contributed by atoms with Crippen LogP contribution in [-0.4, -0.2) is 42.4 Å². The van der Waals surface area contributed by atoms with E-state index in [0.29, 0.717) is 25.1 Å². The van der Waals surface area contributed by atoms with Crippen molar-refractivity contribution in [2.24, 2.45) is 5.92 Å². The van der Waals surface area contributed by atoms with E-state index in [9.17, 15) is 18.8 Å². The van der Waals surface area contributed by atoms with Crippen LogP contribution in [0.3, 0.4) is 0 Å². The lowest BCUT2D eigenvalue weighted by Gasteiger charge is -2.31. The standard InChI is InChI=1S/C21H21FN2O4/c22-17-8-4-6-15(12-17)19(25)14-28-20(26)16-7-5-11-24(13-16)21(27)23-18-9-2-1-3-10-18/h1-4,6,8-10,12,16H,5,7,11,13-14H2,(H,23,27)/t16-/m0/s1. The lowest BCUT2D eigenvalue weighted by molar-refractivity contribution is -0.148. The number of halogens is 1. The zero-order chi connectivity index (χ0) is 19.9. The fraction of sp³-hybridized carbons (Fsp3) is 0.286. The average molecular weight is 384 g/mol. The first-order chi connectivity index (χ1) is 13.5. The Morgan fingerprint density at radius 1 is 1.11 bits per heavy atom. The topological polar surface area (TPSA) is 75.7 Å². The van der Waals surface area contributed by atoms with E-state index in [-0.39, 0.29) is 18.1 Å². The van der Waals surface area contributed by atoms with Crippen molar-refractivity contribution in [1.82, 2.24) is 4.90 Å². The Labute approximate surface area is 162 Å². The highest BCUT2D eigenvalue weighted by Gasteiger charge is 2.30. The van der Waals surface area contributed by atoms with Gasteiger partial charge in [0.25, 0.3) is 0 Å². The van der Waals surface area contributed by atoms with Crippen LogP contribution in [0.4, 0.5) is 14.9 Å². The van der Waals surface area contributed by atoms with Gasteiger partial charge in [0.1, 0.15) is 5.82 Å². The molecule has 2 aromatic carbocycles. The number of amides is 2. The van der Waals surface area contributed by atoms with E-state index >= 15 is 0 Å². The number of benzene rings is 2. The predicted octanol–water partition coefficient (Wildman–Crippen LogP) is 3.50. The molecule has 1 atom stereocenters. The highest BCUT2D eigenvalue weighted by molar-refractivity contribution is 5.98. The van der Waals surface area contributed by atoms with Crippen molar-refractivity contribution in [3.05, 3.63) is 66.0 Å². The summed E-state index contributed by atoms with van der Waals surface area (Å²) in [6, 6.07) is 14.0. The summed E-state index contributed by atoms with van der Waals surface area (Å²) >= 11 is 0. The van der Waals surface area contributed by atoms with Crippen molar-refractivity contribution in [2.75, 3.05) is 25.0 Å². The van der Waals surface area contributed by atoms with Crippen molar-refractivity contribution < 1.29 is 23.5 Å². The van der Waals surface area contributed by atoms with E-state index in [4.69, 9.17) is 4.74 Å². The average Bonchev–Trinajstić information content (AvgIpc) is 2.72. The van der Waals surface area contributed by atoms with Crippen LogP contribution in [0.5, 0.6) is 0 Å². The Morgan fingerprint density at radius 2 is 1.89 bits per heavy atom. The highest BCUT2D eigenvalue weighted by Crippen LogP contribution is 2.19. The number of esters is 1. The molecule has 2 aromatic rings. The normalized spacial score (nSPS) is 16.3. The molecule has 1 saturated heterocycles. The number of piperidine rings is 1. The number of nitrogens with zero attached hydrogens (tertiary/aromatic N) is 1. The maximum atomic E-state index is 13.2. The second kappa shape index (κ2) is 9.12. The zero-order valence-corrected chi connectivity index (χ0v) is 15.3. The maximum Gasteiger partial charge on any atom is 0.321 e. The maximum absolute atomic E-state index is 13.2. The van der Waals surface area contributed by atoms with Crippen molar-refractivity contribution in [3.63, 3.8) is 0 Å². The minimum absolute atomic E-state index is 0.153. The van der Waals surface area contributed by atoms with Gasteiger partial charge in [-0.2, -0.15) is 0 Å². The van der Waals surface area contributed by atoms with Gasteiger partial charge in [-0.1, -0.05) is 30.3 Å². The molecule has 1 fully saturated rings. The van der Waals surface area contributed by atoms with E-state index in [0.717, 1.165) is 6.07 Å². The molecule has 0 spiro atoms. The first-order valence-corrected chi connectivity index (χ1v) is 9.09. The van der Waals surface area contributed by atoms with Gasteiger partial charge in [-0.25, -0.2) is 9.18 Å². The molecule has 6 nitrogen and oxygen atoms in total. The largest absolute Gasteiger partial charge is 0.457 e. The molecule has 3 rings (SSSR count). The quantitative estimate of drug-likeness (QED) is 0.632. The molecule has 2 amide bonds. The number of ketones is 1. The van der Waals surface area contributed by atoms with E-state index in [1.807, 2.05) is 18.2 Å². The first kappa shape index (κ1) is 19.5. The summed E-state index contributed by atoms with van der Waals surface area (Å²) < 4.78 is 18.3. The second-order valence-corrected chi connectivity index (χ2v) is 6.62. The van der Waals surface area contributed by atoms with Crippen molar-refractivity contribution in [1.29, 1.82) is 0 Å². The number of hydrogen-bond acceptors (Lipinski definition) is 4. The monoisotopic (exact) mass is 384 g/mol. The van der Waals surface area contributed by atoms with E-state index in [1.165, 1.54) is 18.2 Å². The molecule has 0 saturated carbocycles. The van der Waals surface area contributed by atoms with E-state index in [1.54, 1.807) is 17.0 Å². The number of rotatable bonds is 5. The summed E-state index contributed by atoms with van der Waals surface area (Å²) in [4.78, 5) is 38.3. The van der Waals surface area contributed by atoms with Crippen LogP contribution >= 0.6 is 0 Å². The molecule has 1 N–H and O–H groups in total. The lowest BCUT2D eigenvalue weighted by atomic mass is 9.98. The summed E-state index contributed by atoms with van der Waals surface area (Å²) in [5.41, 5.74) is 0.832. The number of anilines is 1. The number of urea groups is 1. The lowest BCUT2D eigenvalue weighted by Crippen LogP contribution is -2.44. The third-order valence-electron chi connectivity index (χ3n) is 4.56. The van der Waals surface area contributed by atoms with Gasteiger partial charge < -0.3 is 15.0 Å². The molecule has 7 heteroatoms. The van der Waals surface area contributed by atoms with Gasteiger partial charge >= 0.3 is 12.0 Å². The Bertz CT molecular complexity index is 856. The number of carbonyl (C=O) groups excluding carboxylic acids is 3. The van der Waals surface area contributed by atoms with Crippen LogP contribution in [0.2, 0.25) is 0 Å². The van der Waals surface area contributed by atoms with Crippen LogP contribution in [0.15, 0.2) is 54.6 Å². The summed E-state index contributed by atoms with van der Waals surface area (Å²) in [5.74, 6) is -2.01. The third kappa shape index (κ3) is 5.16. The molecule has 0 aromatic heterocycles. The number of para-hydroxylation sites is 1. The number of carbonyl (C=O) groups is 3. The van der Waals surface area contributed by atoms with Crippen LogP contribution in [0, 0.1) is 11.7 Å². The SMILES string of the molecule is O=C(COC(=O)[C@H]1CCCN(C(=O)Nc2ccccc2)C1)c1cccc(F)c1. The molecular formula is C21H21FN2O4. The smallest absolute Gasteiger partial charge is 0.321 e. The molecule has 1 aliphatic rings. The minimum Gasteiger partial charge on any atom is -0.457 e. The van der Waals surface area contributed by atoms with Gasteiger partial charge in [0.15, 0.2) is 12.4 Å². The van der Waals surface area contributed by atoms with Gasteiger partial charge in [-0.3, -0.25) is 9.59 Å². The van der Waals surface area contributed by atoms with Gasteiger partial charge in [-0.05, 0) is 37.1 Å². The molecule has 0 unspecified atom stereocenters. The van der Waals surface area contributed by atoms with E-state index in [2.05, 4.69) is 5.32 Å². The molecule has 0 bridgehead atoms. The van der Waals surface area contributed by atoms with Gasteiger partial charge in [0.2, 0.25) is 0 Å². The molecular weight excluding hydrogens is 363 g/mol. The molecule has 28 heavy (non-hydrogen) atoms. The van der Waals surface area contributed by atoms with Gasteiger partial charge in [0, 0.05) is 24.3 Å². The Balaban J connectivity index is 1.51. The molecule has 0 radical (unpaired) electrons. The van der Waals surface area contributed by atoms with Crippen LogP contribution < -0.4 is 5.32 Å². The number of nitrogens with one attached hydrogen (secondary N) is 1. The van der Waals surface area contributed by atoms with Crippen LogP contribution in [0.1, 0.15) is 23.2 Å². The summed E-state index contributed by atoms with van der Waals surface area (Å²) in [6.45, 7) is 0.325. The predicted molar refractivity (Wildman–Crippen MR) is 101 cm³/mol. The fourth-order valence-corrected chi connectivity index (χ4v) is 3.08. The molecule has 0 aliphatic carbocycles. The first-order valence-electron chi connectivity index (χ1n) is 9.09. The Morgan fingerprint density at radius 3 is 2.64 bits per heavy atom. The van der Waals surface area contributed by atoms with Crippen molar-refractivity contribution in [2.45, 2.75) is 12.8 Å². The number of ether oxygens (including phenoxy) is 1. The summed E-state index contributed by atoms with van der Waals surface area (Å²) in [6.07, 6.45) is 1.25. The van der Waals surface area contributed by atoms with Crippen molar-refractivity contribution in [3.8, 4) is 0 Å². The third-order valence-corrected chi connectivity index (χ3v) is 4.56. The Hall–Kier alpha value is -3.22. The molecule has 146 valence electrons. The van der Waals surface area contributed by atoms with E-state index < -0.39 is 30.1 Å². The number of likely N-dealkylation sites (tertiary alicyclic amines) is 1. The van der Waals surface area contributed by atoms with Crippen LogP contribution in [0.25, 0.3) is 0 Å². The molecule has 1 aliphatic heterocycles. The van der Waals surface area contributed by atoms with Crippen molar-refractivity contribution >= 4 is 23.5 Å². The van der Waals surface area contributed by atoms with Crippen LogP contribution in [-0.2, 0) is 9.53 Å². The minimum atomic E-state index is -0.526. The summed E-state index contributed by atoms with van der Waals surface area (Å²) in [5, 5.41) is 2.79. The second-order valence-electron chi connectivity index (χ2n) is 6.62. The number of hydrogen-bond donors (Lipinski definition) is 1. The Kier molecular flexibility index (Phi) is 6.37. The molecule has 1 heterocycles. The fourth-order valence-electron chi connectivity index (χ4n) is 3.08. The highest BCUT2D eigenvalue weighted by atomic mass is 19.1. The van der Waals surface area contributed by atoms with Gasteiger partial charge in [0.05, 0.1) is 5.92 Å².